The van der Waals surface area contributed by atoms with Crippen LogP contribution in [-0.4, -0.2) is 28.9 Å². The Kier molecular flexibility index (Phi) is 3.80. The fraction of sp³-hybridized carbons (Fsp3) is 0.462. The zero-order chi connectivity index (χ0) is 13.3. The Morgan fingerprint density at radius 1 is 1.50 bits per heavy atom. The first-order chi connectivity index (χ1) is 8.42. The lowest BCUT2D eigenvalue weighted by Gasteiger charge is -2.31. The van der Waals surface area contributed by atoms with E-state index in [0.717, 1.165) is 16.3 Å². The van der Waals surface area contributed by atoms with Gasteiger partial charge in [-0.1, -0.05) is 17.7 Å². The minimum Gasteiger partial charge on any atom is -0.359 e. The molecule has 1 N–H and O–H groups in total. The van der Waals surface area contributed by atoms with E-state index in [2.05, 4.69) is 19.2 Å². The fourth-order valence-corrected chi connectivity index (χ4v) is 2.48. The van der Waals surface area contributed by atoms with E-state index >= 15 is 0 Å². The molecule has 0 aromatic heterocycles. The van der Waals surface area contributed by atoms with Crippen LogP contribution in [0.15, 0.2) is 18.2 Å². The van der Waals surface area contributed by atoms with E-state index in [9.17, 15) is 0 Å². The number of halogens is 1. The zero-order valence-corrected chi connectivity index (χ0v) is 12.4. The van der Waals surface area contributed by atoms with E-state index in [0.29, 0.717) is 18.5 Å². The molecule has 2 rings (SSSR count). The first-order valence-electron chi connectivity index (χ1n) is 5.83. The molecule has 1 heterocycles. The van der Waals surface area contributed by atoms with Gasteiger partial charge in [0, 0.05) is 10.7 Å². The van der Waals surface area contributed by atoms with E-state index in [1.165, 1.54) is 0 Å². The Balaban J connectivity index is 2.15. The molecule has 0 saturated carbocycles. The monoisotopic (exact) mass is 284 g/mol. The molecule has 3 nitrogen and oxygen atoms in total. The molecule has 1 aromatic rings. The third-order valence-electron chi connectivity index (χ3n) is 3.16. The summed E-state index contributed by atoms with van der Waals surface area (Å²) in [5.41, 5.74) is 1.87. The highest BCUT2D eigenvalue weighted by atomic mass is 35.5. The van der Waals surface area contributed by atoms with Gasteiger partial charge in [-0.2, -0.15) is 0 Å². The minimum absolute atomic E-state index is 0.0729. The van der Waals surface area contributed by atoms with Gasteiger partial charge in [-0.15, -0.1) is 0 Å². The molecule has 1 saturated heterocycles. The van der Waals surface area contributed by atoms with E-state index in [-0.39, 0.29) is 5.54 Å². The zero-order valence-electron chi connectivity index (χ0n) is 10.8. The molecule has 0 bridgehead atoms. The smallest absolute Gasteiger partial charge is 0.175 e. The van der Waals surface area contributed by atoms with Gasteiger partial charge >= 0.3 is 0 Å². The number of anilines is 1. The molecule has 1 aliphatic heterocycles. The van der Waals surface area contributed by atoms with Crippen molar-refractivity contribution in [2.45, 2.75) is 26.3 Å². The molecule has 5 heteroatoms. The number of hydrogen-bond donors (Lipinski definition) is 1. The lowest BCUT2D eigenvalue weighted by Crippen LogP contribution is -2.46. The Morgan fingerprint density at radius 3 is 2.83 bits per heavy atom. The van der Waals surface area contributed by atoms with Crippen LogP contribution in [0, 0.1) is 6.92 Å². The van der Waals surface area contributed by atoms with Gasteiger partial charge in [0.2, 0.25) is 0 Å². The highest BCUT2D eigenvalue weighted by Gasteiger charge is 2.34. The molecule has 0 aliphatic carbocycles. The maximum atomic E-state index is 6.09. The van der Waals surface area contributed by atoms with Crippen LogP contribution in [0.5, 0.6) is 0 Å². The standard InChI is InChI=1S/C13H17ClN2OS/c1-9-10(14)5-4-6-11(9)15-12(18)16-8-17-7-13(16,2)3/h4-6H,7-8H2,1-3H3,(H,15,18). The van der Waals surface area contributed by atoms with Crippen molar-refractivity contribution in [1.82, 2.24) is 4.90 Å². The number of rotatable bonds is 1. The lowest BCUT2D eigenvalue weighted by atomic mass is 10.1. The summed E-state index contributed by atoms with van der Waals surface area (Å²) in [7, 11) is 0. The molecular weight excluding hydrogens is 268 g/mol. The van der Waals surface area contributed by atoms with Gasteiger partial charge in [-0.25, -0.2) is 0 Å². The molecule has 1 aromatic carbocycles. The van der Waals surface area contributed by atoms with Gasteiger partial charge in [-0.05, 0) is 50.7 Å². The lowest BCUT2D eigenvalue weighted by molar-refractivity contribution is 0.169. The van der Waals surface area contributed by atoms with Crippen molar-refractivity contribution in [3.63, 3.8) is 0 Å². The second-order valence-electron chi connectivity index (χ2n) is 5.06. The summed E-state index contributed by atoms with van der Waals surface area (Å²) < 4.78 is 5.46. The highest BCUT2D eigenvalue weighted by molar-refractivity contribution is 7.80. The third-order valence-corrected chi connectivity index (χ3v) is 3.89. The number of ether oxygens (including phenoxy) is 1. The van der Waals surface area contributed by atoms with E-state index in [4.69, 9.17) is 28.6 Å². The molecule has 0 amide bonds. The van der Waals surface area contributed by atoms with Crippen molar-refractivity contribution in [3.8, 4) is 0 Å². The second-order valence-corrected chi connectivity index (χ2v) is 5.85. The van der Waals surface area contributed by atoms with Crippen molar-refractivity contribution < 1.29 is 4.74 Å². The maximum Gasteiger partial charge on any atom is 0.175 e. The van der Waals surface area contributed by atoms with Crippen molar-refractivity contribution in [2.75, 3.05) is 18.7 Å². The van der Waals surface area contributed by atoms with Crippen molar-refractivity contribution in [2.24, 2.45) is 0 Å². The van der Waals surface area contributed by atoms with Gasteiger partial charge in [0.05, 0.1) is 12.1 Å². The summed E-state index contributed by atoms with van der Waals surface area (Å²) in [5, 5.41) is 4.65. The highest BCUT2D eigenvalue weighted by Crippen LogP contribution is 2.26. The van der Waals surface area contributed by atoms with Gasteiger partial charge in [0.1, 0.15) is 6.73 Å². The van der Waals surface area contributed by atoms with Crippen molar-refractivity contribution in [3.05, 3.63) is 28.8 Å². The molecule has 18 heavy (non-hydrogen) atoms. The summed E-state index contributed by atoms with van der Waals surface area (Å²) in [6, 6.07) is 5.75. The molecule has 1 aliphatic rings. The van der Waals surface area contributed by atoms with Crippen LogP contribution < -0.4 is 5.32 Å². The topological polar surface area (TPSA) is 24.5 Å². The van der Waals surface area contributed by atoms with Crippen LogP contribution in [0.25, 0.3) is 0 Å². The number of nitrogens with zero attached hydrogens (tertiary/aromatic N) is 1. The minimum atomic E-state index is -0.0729. The molecule has 0 spiro atoms. The van der Waals surface area contributed by atoms with Crippen LogP contribution in [0.2, 0.25) is 5.02 Å². The van der Waals surface area contributed by atoms with E-state index < -0.39 is 0 Å². The number of thiocarbonyl (C=S) groups is 1. The maximum absolute atomic E-state index is 6.09. The largest absolute Gasteiger partial charge is 0.359 e. The Hall–Kier alpha value is -0.840. The number of nitrogens with one attached hydrogen (secondary N) is 1. The van der Waals surface area contributed by atoms with Crippen LogP contribution in [0.1, 0.15) is 19.4 Å². The summed E-state index contributed by atoms with van der Waals surface area (Å²) in [6.07, 6.45) is 0. The number of hydrogen-bond acceptors (Lipinski definition) is 2. The summed E-state index contributed by atoms with van der Waals surface area (Å²) >= 11 is 11.5. The van der Waals surface area contributed by atoms with Crippen LogP contribution >= 0.6 is 23.8 Å². The molecule has 1 fully saturated rings. The predicted molar refractivity (Wildman–Crippen MR) is 79.1 cm³/mol. The number of benzene rings is 1. The van der Waals surface area contributed by atoms with Crippen LogP contribution in [0.3, 0.4) is 0 Å². The van der Waals surface area contributed by atoms with Crippen LogP contribution in [0.4, 0.5) is 5.69 Å². The van der Waals surface area contributed by atoms with Crippen LogP contribution in [-0.2, 0) is 4.74 Å². The predicted octanol–water partition coefficient (Wildman–Crippen LogP) is 3.41. The second kappa shape index (κ2) is 5.03. The first-order valence-corrected chi connectivity index (χ1v) is 6.62. The van der Waals surface area contributed by atoms with E-state index in [1.54, 1.807) is 0 Å². The fourth-order valence-electron chi connectivity index (χ4n) is 1.90. The van der Waals surface area contributed by atoms with Gasteiger partial charge in [0.15, 0.2) is 5.11 Å². The average Bonchev–Trinajstić information content (AvgIpc) is 2.65. The first kappa shape index (κ1) is 13.6. The Morgan fingerprint density at radius 2 is 2.22 bits per heavy atom. The van der Waals surface area contributed by atoms with E-state index in [1.807, 2.05) is 30.0 Å². The van der Waals surface area contributed by atoms with Gasteiger partial charge in [-0.3, -0.25) is 0 Å². The Labute approximate surface area is 118 Å². The Bertz CT molecular complexity index is 476. The average molecular weight is 285 g/mol. The third kappa shape index (κ3) is 2.60. The normalized spacial score (nSPS) is 17.9. The summed E-state index contributed by atoms with van der Waals surface area (Å²) in [6.45, 7) is 7.40. The summed E-state index contributed by atoms with van der Waals surface area (Å²) in [4.78, 5) is 2.04. The molecule has 0 radical (unpaired) electrons. The molecular formula is C13H17ClN2OS. The van der Waals surface area contributed by atoms with Gasteiger partial charge < -0.3 is 15.0 Å². The van der Waals surface area contributed by atoms with Crippen molar-refractivity contribution in [1.29, 1.82) is 0 Å². The molecule has 98 valence electrons. The molecule has 0 unspecified atom stereocenters. The van der Waals surface area contributed by atoms with Gasteiger partial charge in [0.25, 0.3) is 0 Å². The van der Waals surface area contributed by atoms with Crippen molar-refractivity contribution >= 4 is 34.6 Å². The quantitative estimate of drug-likeness (QED) is 0.799. The summed E-state index contributed by atoms with van der Waals surface area (Å²) in [5.74, 6) is 0. The SMILES string of the molecule is Cc1c(Cl)cccc1NC(=S)N1COCC1(C)C. The molecule has 0 atom stereocenters.